The molecule has 3 aliphatic heterocycles. The molecular formula is C106H111Cl4N13O4. The number of aromatic nitrogens is 4. The average molecular weight is 1770 g/mol. The van der Waals surface area contributed by atoms with Crippen molar-refractivity contribution < 1.29 is 19.2 Å². The molecule has 15 rings (SSSR count). The van der Waals surface area contributed by atoms with Gasteiger partial charge in [0.15, 0.2) is 23.1 Å². The van der Waals surface area contributed by atoms with Crippen LogP contribution in [0.3, 0.4) is 0 Å². The first-order valence-electron chi connectivity index (χ1n) is 44.1. The number of pyridine rings is 4. The molecule has 3 fully saturated rings. The van der Waals surface area contributed by atoms with E-state index in [0.717, 1.165) is 198 Å². The maximum Gasteiger partial charge on any atom is 0.162 e. The van der Waals surface area contributed by atoms with Gasteiger partial charge in [0, 0.05) is 184 Å². The third-order valence-corrected chi connectivity index (χ3v) is 24.0. The highest BCUT2D eigenvalue weighted by molar-refractivity contribution is 6.32. The van der Waals surface area contributed by atoms with Gasteiger partial charge in [0.2, 0.25) is 0 Å². The highest BCUT2D eigenvalue weighted by atomic mass is 35.5. The molecule has 0 amide bonds. The number of Topliss-reactive ketones (excluding diaryl/α,β-unsaturated/α-hetero) is 4. The van der Waals surface area contributed by atoms with E-state index in [0.29, 0.717) is 91.3 Å². The molecule has 0 radical (unpaired) electrons. The molecule has 0 saturated carbocycles. The molecule has 3 saturated heterocycles. The number of ketones is 4. The largest absolute Gasteiger partial charge is 0.383 e. The molecule has 7 heterocycles. The summed E-state index contributed by atoms with van der Waals surface area (Å²) in [7, 11) is 6.33. The summed E-state index contributed by atoms with van der Waals surface area (Å²) in [6, 6.07) is 52.2. The summed E-state index contributed by atoms with van der Waals surface area (Å²) >= 11 is 24.6. The summed E-state index contributed by atoms with van der Waals surface area (Å²) in [6.45, 7) is 13.8. The smallest absolute Gasteiger partial charge is 0.162 e. The number of piperazine rings is 1. The van der Waals surface area contributed by atoms with Crippen LogP contribution in [0.5, 0.6) is 0 Å². The van der Waals surface area contributed by atoms with Crippen molar-refractivity contribution in [1.82, 2.24) is 44.4 Å². The van der Waals surface area contributed by atoms with Gasteiger partial charge in [-0.05, 0) is 248 Å². The molecule has 0 unspecified atom stereocenters. The SMILES string of the molecule is CN(C)CCCCCCC(=O)c1ccc(C#Cc2c(N)ncc3ccc(Cl)cc23)cc1.CN1CCN(CCCCC(=O)c2ccc(C#Cc3c(N)ncc4ccc(Cl)cc34)cc2)CC1.Nc1ncc2ccc(Cl)cc2c1C#Cc1ccc(C(=O)CCCCN2CCCC2)cc1.Nc1ncc2ccc(Cl)cc2c1C#Cc1ccc(C(=O)CCCCN2CCCCC2)cc1. The fourth-order valence-electron chi connectivity index (χ4n) is 15.6. The van der Waals surface area contributed by atoms with Crippen molar-refractivity contribution in [2.24, 2.45) is 0 Å². The van der Waals surface area contributed by atoms with Gasteiger partial charge in [-0.2, -0.15) is 0 Å². The van der Waals surface area contributed by atoms with E-state index in [2.05, 4.69) is 113 Å². The van der Waals surface area contributed by atoms with Crippen molar-refractivity contribution in [3.05, 3.63) is 281 Å². The lowest BCUT2D eigenvalue weighted by atomic mass is 10.0. The lowest BCUT2D eigenvalue weighted by Crippen LogP contribution is -2.44. The number of anilines is 4. The lowest BCUT2D eigenvalue weighted by molar-refractivity contribution is 0.0968. The molecule has 0 atom stereocenters. The number of likely N-dealkylation sites (N-methyl/N-ethyl adjacent to an activating group) is 1. The van der Waals surface area contributed by atoms with E-state index in [9.17, 15) is 19.2 Å². The number of nitrogens with zero attached hydrogens (tertiary/aromatic N) is 9. The maximum atomic E-state index is 12.6. The average Bonchev–Trinajstić information content (AvgIpc) is 0.892. The molecule has 0 bridgehead atoms. The van der Waals surface area contributed by atoms with Gasteiger partial charge in [-0.1, -0.05) is 186 Å². The molecular weight excluding hydrogens is 1660 g/mol. The molecule has 21 heteroatoms. The number of likely N-dealkylation sites (tertiary alicyclic amines) is 2. The number of nitrogen functional groups attached to an aromatic ring is 4. The van der Waals surface area contributed by atoms with Crippen LogP contribution in [0.1, 0.15) is 208 Å². The van der Waals surface area contributed by atoms with E-state index in [1.165, 1.54) is 64.7 Å². The van der Waals surface area contributed by atoms with Crippen molar-refractivity contribution in [1.29, 1.82) is 0 Å². The van der Waals surface area contributed by atoms with Crippen LogP contribution in [0, 0.1) is 47.4 Å². The number of halogens is 4. The van der Waals surface area contributed by atoms with Crippen LogP contribution < -0.4 is 22.9 Å². The number of rotatable bonds is 26. The Balaban J connectivity index is 0.000000154. The Morgan fingerprint density at radius 3 is 0.843 bits per heavy atom. The van der Waals surface area contributed by atoms with E-state index in [-0.39, 0.29) is 23.1 Å². The van der Waals surface area contributed by atoms with Gasteiger partial charge in [0.1, 0.15) is 23.3 Å². The summed E-state index contributed by atoms with van der Waals surface area (Å²) < 4.78 is 0. The zero-order valence-electron chi connectivity index (χ0n) is 72.9. The van der Waals surface area contributed by atoms with Crippen molar-refractivity contribution in [2.45, 2.75) is 122 Å². The molecule has 17 nitrogen and oxygen atoms in total. The van der Waals surface area contributed by atoms with E-state index in [4.69, 9.17) is 69.3 Å². The van der Waals surface area contributed by atoms with Crippen LogP contribution in [0.25, 0.3) is 43.1 Å². The topological polar surface area (TPSA) is 240 Å². The molecule has 4 aromatic heterocycles. The number of carbonyl (C=O) groups excluding carboxylic acids is 4. The first-order chi connectivity index (χ1) is 61.6. The van der Waals surface area contributed by atoms with Gasteiger partial charge in [-0.25, -0.2) is 19.9 Å². The van der Waals surface area contributed by atoms with E-state index >= 15 is 0 Å². The quantitative estimate of drug-likeness (QED) is 0.0224. The standard InChI is InChI=1S/C27H29ClN4O.C27H28ClN3O.C26H26ClN3O.C26H28ClN3O/c1-31-14-16-32(17-15-31)13-3-2-4-26(33)21-8-5-20(6-9-21)7-12-24-25-18-23(28)11-10-22(25)19-30-27(24)29;28-23-13-12-22-19-30-27(29)24(25(22)18-23)14-9-20-7-10-21(11-8-20)26(32)6-2-5-17-31-15-3-1-4-16-31;27-22-12-11-21-18-29-26(28)23(24(21)17-22)13-8-19-6-9-20(10-7-19)25(31)5-1-2-14-30-15-3-4-16-30;1-30(2)16-6-4-3-5-7-25(31)20-11-8-19(9-12-20)10-15-23-24-17-22(27)14-13-21(24)18-29-26(23)28/h5-6,8-11,18-19H,2-4,13-17H2,1H3,(H2,29,30);7-8,10-13,18-19H,1-6,15-17H2,(H2,29,30);6-7,9-12,17-18H,1-5,14-16H2,(H2,28,29);8-9,11-14,17-18H,3-7,16H2,1-2H3,(H2,28,29). The van der Waals surface area contributed by atoms with Crippen molar-refractivity contribution in [3.63, 3.8) is 0 Å². The number of nitrogens with two attached hydrogens (primary N) is 4. The minimum absolute atomic E-state index is 0.184. The van der Waals surface area contributed by atoms with E-state index in [1.54, 1.807) is 24.8 Å². The molecule has 8 aromatic carbocycles. The number of benzene rings is 8. The Morgan fingerprint density at radius 2 is 0.567 bits per heavy atom. The Bertz CT molecular complexity index is 6060. The highest BCUT2D eigenvalue weighted by Gasteiger charge is 2.18. The fraction of sp³-hybridized carbons (Fsp3) is 0.321. The fourth-order valence-corrected chi connectivity index (χ4v) is 16.3. The summed E-state index contributed by atoms with van der Waals surface area (Å²) in [5, 5.41) is 9.79. The first-order valence-corrected chi connectivity index (χ1v) is 45.6. The van der Waals surface area contributed by atoms with E-state index < -0.39 is 0 Å². The van der Waals surface area contributed by atoms with Crippen LogP contribution in [-0.4, -0.2) is 167 Å². The van der Waals surface area contributed by atoms with Crippen LogP contribution >= 0.6 is 46.4 Å². The molecule has 3 aliphatic rings. The third kappa shape index (κ3) is 29.0. The van der Waals surface area contributed by atoms with Gasteiger partial charge >= 0.3 is 0 Å². The van der Waals surface area contributed by atoms with Gasteiger partial charge in [0.05, 0.1) is 22.3 Å². The van der Waals surface area contributed by atoms with E-state index in [1.807, 2.05) is 170 Å². The Labute approximate surface area is 767 Å². The Morgan fingerprint density at radius 1 is 0.315 bits per heavy atom. The van der Waals surface area contributed by atoms with Crippen LogP contribution in [0.15, 0.2) is 195 Å². The first kappa shape index (κ1) is 94.6. The number of hydrogen-bond acceptors (Lipinski definition) is 17. The molecule has 0 aliphatic carbocycles. The second kappa shape index (κ2) is 48.4. The Hall–Kier alpha value is -11.5. The highest BCUT2D eigenvalue weighted by Crippen LogP contribution is 2.31. The summed E-state index contributed by atoms with van der Waals surface area (Å²) in [6.07, 6.45) is 26.2. The minimum atomic E-state index is 0.184. The van der Waals surface area contributed by atoms with Crippen LogP contribution in [0.4, 0.5) is 23.3 Å². The summed E-state index contributed by atoms with van der Waals surface area (Å²) in [5.74, 6) is 27.3. The molecule has 652 valence electrons. The van der Waals surface area contributed by atoms with Gasteiger partial charge in [0.25, 0.3) is 0 Å². The van der Waals surface area contributed by atoms with Crippen LogP contribution in [0.2, 0.25) is 20.1 Å². The number of fused-ring (bicyclic) bond motifs is 4. The predicted molar refractivity (Wildman–Crippen MR) is 525 cm³/mol. The van der Waals surface area contributed by atoms with Gasteiger partial charge in [-0.3, -0.25) is 19.2 Å². The zero-order chi connectivity index (χ0) is 89.4. The predicted octanol–water partition coefficient (Wildman–Crippen LogP) is 21.1. The number of hydrogen-bond donors (Lipinski definition) is 4. The lowest BCUT2D eigenvalue weighted by Gasteiger charge is -2.32. The zero-order valence-corrected chi connectivity index (χ0v) is 75.9. The summed E-state index contributed by atoms with van der Waals surface area (Å²) in [4.78, 5) is 79.0. The van der Waals surface area contributed by atoms with Crippen molar-refractivity contribution in [2.75, 3.05) is 123 Å². The minimum Gasteiger partial charge on any atom is -0.383 e. The third-order valence-electron chi connectivity index (χ3n) is 23.1. The van der Waals surface area contributed by atoms with Crippen LogP contribution in [-0.2, 0) is 0 Å². The van der Waals surface area contributed by atoms with Crippen molar-refractivity contribution in [3.8, 4) is 47.4 Å². The maximum absolute atomic E-state index is 12.6. The molecule has 127 heavy (non-hydrogen) atoms. The molecule has 12 aromatic rings. The second-order valence-corrected chi connectivity index (χ2v) is 34.7. The van der Waals surface area contributed by atoms with Gasteiger partial charge < -0.3 is 47.4 Å². The second-order valence-electron chi connectivity index (χ2n) is 32.9. The Kier molecular flexibility index (Phi) is 36.1. The number of unbranched alkanes of at least 4 members (excludes halogenated alkanes) is 6. The summed E-state index contributed by atoms with van der Waals surface area (Å²) in [5.41, 5.74) is 33.1. The number of carbonyl (C=O) groups is 4. The normalized spacial score (nSPS) is 13.4. The molecule has 0 spiro atoms. The number of piperidine rings is 1. The van der Waals surface area contributed by atoms with Crippen molar-refractivity contribution >= 4 is 136 Å². The monoisotopic (exact) mass is 1770 g/mol. The van der Waals surface area contributed by atoms with Gasteiger partial charge in [-0.15, -0.1) is 0 Å². The molecule has 8 N–H and O–H groups in total.